The molecule has 2 heterocycles. The van der Waals surface area contributed by atoms with E-state index in [1.165, 1.54) is 40.9 Å². The first-order valence-electron chi connectivity index (χ1n) is 9.66. The molecule has 134 valence electrons. The van der Waals surface area contributed by atoms with Crippen molar-refractivity contribution in [2.75, 3.05) is 4.90 Å². The van der Waals surface area contributed by atoms with E-state index in [2.05, 4.69) is 78.0 Å². The van der Waals surface area contributed by atoms with Gasteiger partial charge in [0.2, 0.25) is 5.95 Å². The third kappa shape index (κ3) is 3.26. The molecule has 3 heteroatoms. The third-order valence-corrected chi connectivity index (χ3v) is 5.38. The van der Waals surface area contributed by atoms with E-state index in [1.807, 2.05) is 0 Å². The van der Waals surface area contributed by atoms with Crippen LogP contribution in [0.5, 0.6) is 0 Å². The van der Waals surface area contributed by atoms with Gasteiger partial charge in [-0.15, -0.1) is 0 Å². The number of unbranched alkanes of at least 4 members (excludes halogenated alkanes) is 1. The van der Waals surface area contributed by atoms with E-state index in [9.17, 15) is 0 Å². The van der Waals surface area contributed by atoms with Crippen LogP contribution in [0.1, 0.15) is 47.8 Å². The minimum absolute atomic E-state index is 0.911. The Kier molecular flexibility index (Phi) is 4.79. The van der Waals surface area contributed by atoms with Crippen molar-refractivity contribution in [1.82, 2.24) is 9.55 Å². The average molecular weight is 345 g/mol. The van der Waals surface area contributed by atoms with Crippen LogP contribution in [0.2, 0.25) is 0 Å². The lowest BCUT2D eigenvalue weighted by atomic mass is 10.1. The standard InChI is InChI=1S/C23H27N3/c1-3-4-14-22-21(15-18-10-6-5-7-11-18)24-23(25(22)2)26-16-19-12-8-9-13-20(19)17-26/h5-13H,3-4,14-17H2,1-2H3. The monoisotopic (exact) mass is 345 g/mol. The number of benzene rings is 2. The predicted octanol–water partition coefficient (Wildman–Crippen LogP) is 4.87. The predicted molar refractivity (Wildman–Crippen MR) is 107 cm³/mol. The molecule has 0 amide bonds. The first-order chi connectivity index (χ1) is 12.8. The molecule has 0 fully saturated rings. The second-order valence-corrected chi connectivity index (χ2v) is 7.25. The lowest BCUT2D eigenvalue weighted by molar-refractivity contribution is 0.709. The number of anilines is 1. The zero-order chi connectivity index (χ0) is 17.9. The van der Waals surface area contributed by atoms with E-state index < -0.39 is 0 Å². The minimum atomic E-state index is 0.911. The summed E-state index contributed by atoms with van der Waals surface area (Å²) in [4.78, 5) is 7.52. The van der Waals surface area contributed by atoms with Gasteiger partial charge in [0.1, 0.15) is 0 Å². The highest BCUT2D eigenvalue weighted by Crippen LogP contribution is 2.30. The molecule has 0 N–H and O–H groups in total. The molecule has 0 atom stereocenters. The van der Waals surface area contributed by atoms with Crippen LogP contribution in [0.25, 0.3) is 0 Å². The summed E-state index contributed by atoms with van der Waals surface area (Å²) in [5, 5.41) is 0. The Balaban J connectivity index is 1.65. The Morgan fingerprint density at radius 1 is 0.923 bits per heavy atom. The first kappa shape index (κ1) is 16.9. The minimum Gasteiger partial charge on any atom is -0.334 e. The molecule has 0 saturated carbocycles. The van der Waals surface area contributed by atoms with Crippen LogP contribution in [0.3, 0.4) is 0 Å². The van der Waals surface area contributed by atoms with Crippen molar-refractivity contribution in [3.05, 3.63) is 82.7 Å². The molecule has 3 nitrogen and oxygen atoms in total. The van der Waals surface area contributed by atoms with Crippen LogP contribution in [0.4, 0.5) is 5.95 Å². The Labute approximate surface area is 156 Å². The fourth-order valence-electron chi connectivity index (χ4n) is 3.92. The zero-order valence-electron chi connectivity index (χ0n) is 15.8. The van der Waals surface area contributed by atoms with Gasteiger partial charge in [0.25, 0.3) is 0 Å². The van der Waals surface area contributed by atoms with E-state index in [4.69, 9.17) is 4.98 Å². The van der Waals surface area contributed by atoms with Crippen molar-refractivity contribution < 1.29 is 0 Å². The fourth-order valence-corrected chi connectivity index (χ4v) is 3.92. The van der Waals surface area contributed by atoms with Gasteiger partial charge in [-0.3, -0.25) is 0 Å². The van der Waals surface area contributed by atoms with Gasteiger partial charge in [-0.1, -0.05) is 67.9 Å². The molecule has 26 heavy (non-hydrogen) atoms. The van der Waals surface area contributed by atoms with Gasteiger partial charge in [0, 0.05) is 32.3 Å². The largest absolute Gasteiger partial charge is 0.334 e. The lowest BCUT2D eigenvalue weighted by Crippen LogP contribution is -2.19. The Bertz CT molecular complexity index is 855. The van der Waals surface area contributed by atoms with Gasteiger partial charge in [-0.2, -0.15) is 0 Å². The Hall–Kier alpha value is -2.55. The fraction of sp³-hybridized carbons (Fsp3) is 0.348. The molecule has 0 bridgehead atoms. The van der Waals surface area contributed by atoms with Gasteiger partial charge in [0.15, 0.2) is 0 Å². The number of rotatable bonds is 6. The molecule has 1 aromatic heterocycles. The summed E-state index contributed by atoms with van der Waals surface area (Å²) in [6, 6.07) is 19.4. The van der Waals surface area contributed by atoms with E-state index >= 15 is 0 Å². The number of imidazole rings is 1. The van der Waals surface area contributed by atoms with Crippen molar-refractivity contribution in [2.24, 2.45) is 7.05 Å². The van der Waals surface area contributed by atoms with E-state index in [1.54, 1.807) is 0 Å². The number of hydrogen-bond acceptors (Lipinski definition) is 2. The summed E-state index contributed by atoms with van der Waals surface area (Å²) in [7, 11) is 2.19. The smallest absolute Gasteiger partial charge is 0.206 e. The van der Waals surface area contributed by atoms with Crippen LogP contribution in [-0.2, 0) is 33.0 Å². The van der Waals surface area contributed by atoms with Crippen molar-refractivity contribution in [3.63, 3.8) is 0 Å². The van der Waals surface area contributed by atoms with Gasteiger partial charge in [-0.25, -0.2) is 4.98 Å². The van der Waals surface area contributed by atoms with Crippen molar-refractivity contribution >= 4 is 5.95 Å². The maximum atomic E-state index is 5.11. The highest BCUT2D eigenvalue weighted by atomic mass is 15.3. The zero-order valence-corrected chi connectivity index (χ0v) is 15.8. The molecule has 0 aliphatic carbocycles. The summed E-state index contributed by atoms with van der Waals surface area (Å²) in [6.45, 7) is 4.17. The number of fused-ring (bicyclic) bond motifs is 1. The van der Waals surface area contributed by atoms with Crippen molar-refractivity contribution in [1.29, 1.82) is 0 Å². The molecule has 0 spiro atoms. The normalized spacial score (nSPS) is 13.2. The van der Waals surface area contributed by atoms with Crippen LogP contribution in [-0.4, -0.2) is 9.55 Å². The Morgan fingerprint density at radius 3 is 2.23 bits per heavy atom. The van der Waals surface area contributed by atoms with Gasteiger partial charge in [0.05, 0.1) is 5.69 Å². The SMILES string of the molecule is CCCCc1c(Cc2ccccc2)nc(N2Cc3ccccc3C2)n1C. The highest BCUT2D eigenvalue weighted by Gasteiger charge is 2.24. The molecule has 3 aromatic rings. The van der Waals surface area contributed by atoms with E-state index in [0.29, 0.717) is 0 Å². The molecule has 4 rings (SSSR count). The van der Waals surface area contributed by atoms with Crippen molar-refractivity contribution in [2.45, 2.75) is 45.7 Å². The molecule has 1 aliphatic rings. The molecular formula is C23H27N3. The molecule has 1 aliphatic heterocycles. The van der Waals surface area contributed by atoms with Crippen LogP contribution < -0.4 is 4.90 Å². The summed E-state index contributed by atoms with van der Waals surface area (Å²) in [5.74, 6) is 1.11. The number of hydrogen-bond donors (Lipinski definition) is 0. The second-order valence-electron chi connectivity index (χ2n) is 7.25. The second kappa shape index (κ2) is 7.36. The summed E-state index contributed by atoms with van der Waals surface area (Å²) >= 11 is 0. The van der Waals surface area contributed by atoms with Gasteiger partial charge < -0.3 is 9.47 Å². The summed E-state index contributed by atoms with van der Waals surface area (Å²) < 4.78 is 2.33. The van der Waals surface area contributed by atoms with Crippen LogP contribution in [0, 0.1) is 0 Å². The maximum absolute atomic E-state index is 5.11. The molecular weight excluding hydrogens is 318 g/mol. The quantitative estimate of drug-likeness (QED) is 0.635. The maximum Gasteiger partial charge on any atom is 0.206 e. The summed E-state index contributed by atoms with van der Waals surface area (Å²) in [5.41, 5.74) is 6.81. The molecule has 0 unspecified atom stereocenters. The lowest BCUT2D eigenvalue weighted by Gasteiger charge is -2.17. The molecule has 2 aromatic carbocycles. The summed E-state index contributed by atoms with van der Waals surface area (Å²) in [6.07, 6.45) is 4.43. The number of aromatic nitrogens is 2. The van der Waals surface area contributed by atoms with E-state index in [0.717, 1.165) is 31.9 Å². The Morgan fingerprint density at radius 2 is 1.58 bits per heavy atom. The first-order valence-corrected chi connectivity index (χ1v) is 9.66. The van der Waals surface area contributed by atoms with Gasteiger partial charge >= 0.3 is 0 Å². The van der Waals surface area contributed by atoms with E-state index in [-0.39, 0.29) is 0 Å². The number of nitrogens with zero attached hydrogens (tertiary/aromatic N) is 3. The van der Waals surface area contributed by atoms with Crippen molar-refractivity contribution in [3.8, 4) is 0 Å². The molecule has 0 saturated heterocycles. The van der Waals surface area contributed by atoms with Gasteiger partial charge in [-0.05, 0) is 29.5 Å². The topological polar surface area (TPSA) is 21.1 Å². The third-order valence-electron chi connectivity index (χ3n) is 5.38. The van der Waals surface area contributed by atoms with Crippen LogP contribution in [0.15, 0.2) is 54.6 Å². The van der Waals surface area contributed by atoms with Crippen LogP contribution >= 0.6 is 0 Å². The highest BCUT2D eigenvalue weighted by molar-refractivity contribution is 5.46. The molecule has 0 radical (unpaired) electrons. The average Bonchev–Trinajstić information content (AvgIpc) is 3.22.